The summed E-state index contributed by atoms with van der Waals surface area (Å²) in [5.74, 6) is -0.476. The smallest absolute Gasteiger partial charge is 0.338 e. The minimum atomic E-state index is -0.373. The van der Waals surface area contributed by atoms with Crippen molar-refractivity contribution in [1.82, 2.24) is 9.38 Å². The fourth-order valence-corrected chi connectivity index (χ4v) is 3.59. The van der Waals surface area contributed by atoms with E-state index in [9.17, 15) is 9.59 Å². The van der Waals surface area contributed by atoms with E-state index in [1.807, 2.05) is 28.8 Å². The van der Waals surface area contributed by atoms with Crippen LogP contribution in [0.2, 0.25) is 0 Å². The first-order valence-electron chi connectivity index (χ1n) is 10.6. The van der Waals surface area contributed by atoms with Crippen molar-refractivity contribution in [3.05, 3.63) is 89.7 Å². The summed E-state index contributed by atoms with van der Waals surface area (Å²) < 4.78 is 7.02. The summed E-state index contributed by atoms with van der Waals surface area (Å²) in [4.78, 5) is 29.2. The number of hydrogen-bond acceptors (Lipinski definition) is 4. The predicted molar refractivity (Wildman–Crippen MR) is 125 cm³/mol. The van der Waals surface area contributed by atoms with Crippen LogP contribution in [-0.4, -0.2) is 27.9 Å². The first kappa shape index (κ1) is 21.3. The second-order valence-electron chi connectivity index (χ2n) is 7.55. The van der Waals surface area contributed by atoms with E-state index in [-0.39, 0.29) is 11.9 Å². The molecule has 1 amide bonds. The van der Waals surface area contributed by atoms with Crippen molar-refractivity contribution < 1.29 is 14.3 Å². The van der Waals surface area contributed by atoms with Gasteiger partial charge in [0.15, 0.2) is 0 Å². The van der Waals surface area contributed by atoms with Crippen LogP contribution < -0.4 is 5.32 Å². The molecule has 162 valence electrons. The number of aryl methyl sites for hydroxylation is 2. The fourth-order valence-electron chi connectivity index (χ4n) is 3.59. The molecule has 2 aromatic carbocycles. The number of fused-ring (bicyclic) bond motifs is 1. The molecule has 0 aliphatic rings. The highest BCUT2D eigenvalue weighted by Crippen LogP contribution is 2.26. The van der Waals surface area contributed by atoms with E-state index in [0.717, 1.165) is 22.6 Å². The number of hydrogen-bond donors (Lipinski definition) is 1. The summed E-state index contributed by atoms with van der Waals surface area (Å²) in [6.45, 7) is 4.14. The molecular weight excluding hydrogens is 402 g/mol. The van der Waals surface area contributed by atoms with Gasteiger partial charge in [-0.1, -0.05) is 35.9 Å². The van der Waals surface area contributed by atoms with Crippen LogP contribution in [0, 0.1) is 6.92 Å². The summed E-state index contributed by atoms with van der Waals surface area (Å²) in [6, 6.07) is 20.8. The number of rotatable bonds is 7. The Morgan fingerprint density at radius 3 is 2.47 bits per heavy atom. The normalized spacial score (nSPS) is 10.8. The van der Waals surface area contributed by atoms with Gasteiger partial charge < -0.3 is 14.5 Å². The maximum absolute atomic E-state index is 12.6. The van der Waals surface area contributed by atoms with E-state index >= 15 is 0 Å². The number of carbonyl (C=O) groups excluding carboxylic acids is 2. The number of anilines is 1. The van der Waals surface area contributed by atoms with Crippen LogP contribution >= 0.6 is 0 Å². The second kappa shape index (κ2) is 9.47. The first-order valence-corrected chi connectivity index (χ1v) is 10.6. The largest absolute Gasteiger partial charge is 0.462 e. The van der Waals surface area contributed by atoms with Crippen molar-refractivity contribution in [3.63, 3.8) is 0 Å². The van der Waals surface area contributed by atoms with Crippen molar-refractivity contribution in [2.75, 3.05) is 11.9 Å². The Bertz CT molecular complexity index is 1240. The minimum absolute atomic E-state index is 0.102. The molecule has 1 N–H and O–H groups in total. The molecule has 0 saturated carbocycles. The molecule has 32 heavy (non-hydrogen) atoms. The summed E-state index contributed by atoms with van der Waals surface area (Å²) in [6.07, 6.45) is 2.82. The lowest BCUT2D eigenvalue weighted by Crippen LogP contribution is -2.13. The number of benzene rings is 2. The third-order valence-corrected chi connectivity index (χ3v) is 5.22. The SMILES string of the molecule is CCOC(=O)c1ccc(NC(=O)CCc2c(-c3ccc(C)cc3)nc3ccccn23)cc1. The van der Waals surface area contributed by atoms with Crippen LogP contribution in [0.15, 0.2) is 72.9 Å². The van der Waals surface area contributed by atoms with Crippen LogP contribution in [0.4, 0.5) is 5.69 Å². The van der Waals surface area contributed by atoms with Crippen LogP contribution in [-0.2, 0) is 16.0 Å². The van der Waals surface area contributed by atoms with Gasteiger partial charge in [-0.25, -0.2) is 9.78 Å². The van der Waals surface area contributed by atoms with E-state index in [2.05, 4.69) is 36.5 Å². The number of carbonyl (C=O) groups is 2. The molecule has 6 nitrogen and oxygen atoms in total. The number of imidazole rings is 1. The molecule has 2 heterocycles. The van der Waals surface area contributed by atoms with Gasteiger partial charge in [-0.15, -0.1) is 0 Å². The number of nitrogens with one attached hydrogen (secondary N) is 1. The first-order chi connectivity index (χ1) is 15.5. The van der Waals surface area contributed by atoms with Crippen molar-refractivity contribution in [2.24, 2.45) is 0 Å². The summed E-state index contributed by atoms with van der Waals surface area (Å²) in [5.41, 5.74) is 6.06. The Hall–Kier alpha value is -3.93. The van der Waals surface area contributed by atoms with Gasteiger partial charge in [0, 0.05) is 23.9 Å². The van der Waals surface area contributed by atoms with E-state index in [4.69, 9.17) is 9.72 Å². The van der Waals surface area contributed by atoms with Crippen molar-refractivity contribution in [2.45, 2.75) is 26.7 Å². The van der Waals surface area contributed by atoms with Gasteiger partial charge in [-0.2, -0.15) is 0 Å². The summed E-state index contributed by atoms with van der Waals surface area (Å²) >= 11 is 0. The summed E-state index contributed by atoms with van der Waals surface area (Å²) in [7, 11) is 0. The van der Waals surface area contributed by atoms with E-state index < -0.39 is 0 Å². The van der Waals surface area contributed by atoms with Gasteiger partial charge in [0.1, 0.15) is 5.65 Å². The van der Waals surface area contributed by atoms with Gasteiger partial charge in [-0.05, 0) is 56.7 Å². The molecule has 0 saturated heterocycles. The molecule has 0 aliphatic heterocycles. The van der Waals surface area contributed by atoms with Gasteiger partial charge in [0.2, 0.25) is 5.91 Å². The lowest BCUT2D eigenvalue weighted by Gasteiger charge is -2.08. The monoisotopic (exact) mass is 427 g/mol. The minimum Gasteiger partial charge on any atom is -0.462 e. The molecule has 0 spiro atoms. The van der Waals surface area contributed by atoms with Gasteiger partial charge >= 0.3 is 5.97 Å². The zero-order chi connectivity index (χ0) is 22.5. The Kier molecular flexibility index (Phi) is 6.31. The molecule has 6 heteroatoms. The highest BCUT2D eigenvalue weighted by molar-refractivity contribution is 5.93. The number of amides is 1. The lowest BCUT2D eigenvalue weighted by atomic mass is 10.1. The van der Waals surface area contributed by atoms with Crippen molar-refractivity contribution in [3.8, 4) is 11.3 Å². The quantitative estimate of drug-likeness (QED) is 0.419. The van der Waals surface area contributed by atoms with Crippen molar-refractivity contribution >= 4 is 23.2 Å². The third kappa shape index (κ3) is 4.70. The zero-order valence-corrected chi connectivity index (χ0v) is 18.2. The number of ether oxygens (including phenoxy) is 1. The van der Waals surface area contributed by atoms with Crippen LogP contribution in [0.25, 0.3) is 16.9 Å². The molecule has 0 unspecified atom stereocenters. The predicted octanol–water partition coefficient (Wildman–Crippen LogP) is 5.06. The van der Waals surface area contributed by atoms with E-state index in [0.29, 0.717) is 30.7 Å². The standard InChI is InChI=1S/C26H25N3O3/c1-3-32-26(31)20-11-13-21(14-12-20)27-24(30)16-15-22-25(19-9-7-18(2)8-10-19)28-23-6-4-5-17-29(22)23/h4-14,17H,3,15-16H2,1-2H3,(H,27,30). The topological polar surface area (TPSA) is 72.7 Å². The highest BCUT2D eigenvalue weighted by Gasteiger charge is 2.15. The average Bonchev–Trinajstić information content (AvgIpc) is 3.17. The number of pyridine rings is 1. The molecule has 0 atom stereocenters. The molecule has 2 aromatic heterocycles. The molecule has 4 rings (SSSR count). The number of esters is 1. The molecular formula is C26H25N3O3. The fraction of sp³-hybridized carbons (Fsp3) is 0.192. The lowest BCUT2D eigenvalue weighted by molar-refractivity contribution is -0.116. The van der Waals surface area contributed by atoms with Gasteiger partial charge in [0.05, 0.1) is 23.6 Å². The van der Waals surface area contributed by atoms with Gasteiger partial charge in [0.25, 0.3) is 0 Å². The Morgan fingerprint density at radius 1 is 1.00 bits per heavy atom. The van der Waals surface area contributed by atoms with Crippen LogP contribution in [0.3, 0.4) is 0 Å². The zero-order valence-electron chi connectivity index (χ0n) is 18.2. The highest BCUT2D eigenvalue weighted by atomic mass is 16.5. The molecule has 0 bridgehead atoms. The van der Waals surface area contributed by atoms with Crippen LogP contribution in [0.1, 0.15) is 35.0 Å². The van der Waals surface area contributed by atoms with E-state index in [1.54, 1.807) is 31.2 Å². The van der Waals surface area contributed by atoms with Gasteiger partial charge in [-0.3, -0.25) is 4.79 Å². The third-order valence-electron chi connectivity index (χ3n) is 5.22. The molecule has 0 radical (unpaired) electrons. The maximum atomic E-state index is 12.6. The Morgan fingerprint density at radius 2 is 1.75 bits per heavy atom. The Balaban J connectivity index is 1.49. The Labute approximate surface area is 186 Å². The molecule has 0 aliphatic carbocycles. The van der Waals surface area contributed by atoms with Crippen LogP contribution in [0.5, 0.6) is 0 Å². The molecule has 0 fully saturated rings. The summed E-state index contributed by atoms with van der Waals surface area (Å²) in [5, 5.41) is 2.90. The number of aromatic nitrogens is 2. The molecule has 4 aromatic rings. The number of nitrogens with zero attached hydrogens (tertiary/aromatic N) is 2. The van der Waals surface area contributed by atoms with Crippen molar-refractivity contribution in [1.29, 1.82) is 0 Å². The van der Waals surface area contributed by atoms with E-state index in [1.165, 1.54) is 5.56 Å². The second-order valence-corrected chi connectivity index (χ2v) is 7.55. The maximum Gasteiger partial charge on any atom is 0.338 e. The average molecular weight is 428 g/mol.